The molecule has 1 N–H and O–H groups in total. The molecular formula is C11H9NO4. The van der Waals surface area contributed by atoms with E-state index in [0.717, 1.165) is 0 Å². The van der Waals surface area contributed by atoms with Gasteiger partial charge in [0.2, 0.25) is 0 Å². The van der Waals surface area contributed by atoms with Crippen LogP contribution in [0, 0.1) is 0 Å². The van der Waals surface area contributed by atoms with E-state index in [0.29, 0.717) is 11.3 Å². The third-order valence-corrected chi connectivity index (χ3v) is 2.25. The number of aromatic carboxylic acids is 1. The summed E-state index contributed by atoms with van der Waals surface area (Å²) >= 11 is 0. The van der Waals surface area contributed by atoms with Crippen LogP contribution in [0.5, 0.6) is 0 Å². The third-order valence-electron chi connectivity index (χ3n) is 2.25. The van der Waals surface area contributed by atoms with Crippen molar-refractivity contribution in [3.05, 3.63) is 46.3 Å². The van der Waals surface area contributed by atoms with Crippen molar-refractivity contribution in [2.75, 3.05) is 0 Å². The lowest BCUT2D eigenvalue weighted by molar-refractivity contribution is 0.0697. The molecule has 0 amide bonds. The van der Waals surface area contributed by atoms with E-state index >= 15 is 0 Å². The van der Waals surface area contributed by atoms with Gasteiger partial charge in [-0.2, -0.15) is 0 Å². The zero-order valence-corrected chi connectivity index (χ0v) is 8.51. The van der Waals surface area contributed by atoms with Gasteiger partial charge in [0.15, 0.2) is 0 Å². The van der Waals surface area contributed by atoms with Gasteiger partial charge in [-0.25, -0.2) is 14.3 Å². The molecule has 0 atom stereocenters. The standard InChI is InChI=1S/C11H9NO4/c1-12-9(6-10(13)16-12)7-4-2-3-5-8(7)11(14)15/h2-6H,1H3,(H,14,15). The van der Waals surface area contributed by atoms with Gasteiger partial charge >= 0.3 is 11.6 Å². The quantitative estimate of drug-likeness (QED) is 0.827. The fourth-order valence-electron chi connectivity index (χ4n) is 1.55. The molecule has 5 nitrogen and oxygen atoms in total. The zero-order chi connectivity index (χ0) is 11.7. The molecule has 0 spiro atoms. The minimum absolute atomic E-state index is 0.138. The molecule has 82 valence electrons. The predicted octanol–water partition coefficient (Wildman–Crippen LogP) is 1.34. The Hall–Kier alpha value is -2.30. The molecule has 0 saturated carbocycles. The molecule has 0 radical (unpaired) electrons. The van der Waals surface area contributed by atoms with Gasteiger partial charge in [0.25, 0.3) is 0 Å². The molecule has 16 heavy (non-hydrogen) atoms. The first-order valence-corrected chi connectivity index (χ1v) is 4.59. The molecule has 0 fully saturated rings. The molecule has 1 aromatic carbocycles. The maximum absolute atomic E-state index is 11.0. The second-order valence-electron chi connectivity index (χ2n) is 3.29. The number of benzene rings is 1. The zero-order valence-electron chi connectivity index (χ0n) is 8.51. The lowest BCUT2D eigenvalue weighted by Gasteiger charge is -2.04. The fraction of sp³-hybridized carbons (Fsp3) is 0.0909. The fourth-order valence-corrected chi connectivity index (χ4v) is 1.55. The number of nitrogens with zero attached hydrogens (tertiary/aromatic N) is 1. The van der Waals surface area contributed by atoms with Crippen LogP contribution in [0.4, 0.5) is 0 Å². The van der Waals surface area contributed by atoms with Crippen molar-refractivity contribution in [3.8, 4) is 11.3 Å². The van der Waals surface area contributed by atoms with Crippen molar-refractivity contribution in [3.63, 3.8) is 0 Å². The van der Waals surface area contributed by atoms with E-state index in [9.17, 15) is 9.59 Å². The monoisotopic (exact) mass is 219 g/mol. The summed E-state index contributed by atoms with van der Waals surface area (Å²) in [6.45, 7) is 0. The van der Waals surface area contributed by atoms with Crippen molar-refractivity contribution >= 4 is 5.97 Å². The highest BCUT2D eigenvalue weighted by molar-refractivity contribution is 5.95. The Morgan fingerprint density at radius 3 is 2.62 bits per heavy atom. The van der Waals surface area contributed by atoms with Crippen molar-refractivity contribution in [2.45, 2.75) is 0 Å². The molecule has 0 bridgehead atoms. The first-order chi connectivity index (χ1) is 7.59. The van der Waals surface area contributed by atoms with Crippen molar-refractivity contribution in [2.24, 2.45) is 7.05 Å². The maximum Gasteiger partial charge on any atom is 0.358 e. The summed E-state index contributed by atoms with van der Waals surface area (Å²) in [5.41, 5.74) is 0.544. The summed E-state index contributed by atoms with van der Waals surface area (Å²) in [4.78, 5) is 22.0. The van der Waals surface area contributed by atoms with Crippen molar-refractivity contribution in [1.82, 2.24) is 4.74 Å². The molecule has 1 aromatic heterocycles. The topological polar surface area (TPSA) is 72.4 Å². The van der Waals surface area contributed by atoms with Gasteiger partial charge in [0, 0.05) is 12.6 Å². The van der Waals surface area contributed by atoms with Crippen LogP contribution >= 0.6 is 0 Å². The van der Waals surface area contributed by atoms with Gasteiger partial charge in [-0.1, -0.05) is 18.2 Å². The summed E-state index contributed by atoms with van der Waals surface area (Å²) in [6.07, 6.45) is 0. The minimum atomic E-state index is -1.04. The molecule has 0 aliphatic carbocycles. The summed E-state index contributed by atoms with van der Waals surface area (Å²) in [6, 6.07) is 7.72. The number of carboxylic acids is 1. The number of carboxylic acid groups (broad SMARTS) is 1. The van der Waals surface area contributed by atoms with Crippen LogP contribution in [0.2, 0.25) is 0 Å². The second-order valence-corrected chi connectivity index (χ2v) is 3.29. The third kappa shape index (κ3) is 1.63. The number of carbonyl (C=O) groups is 1. The molecule has 2 rings (SSSR count). The van der Waals surface area contributed by atoms with Gasteiger partial charge in [-0.15, -0.1) is 0 Å². The van der Waals surface area contributed by atoms with E-state index in [1.165, 1.54) is 16.9 Å². The van der Waals surface area contributed by atoms with E-state index in [-0.39, 0.29) is 5.56 Å². The molecule has 2 aromatic rings. The minimum Gasteiger partial charge on any atom is -0.478 e. The van der Waals surface area contributed by atoms with Crippen LogP contribution in [-0.4, -0.2) is 15.8 Å². The van der Waals surface area contributed by atoms with Crippen molar-refractivity contribution in [1.29, 1.82) is 0 Å². The highest BCUT2D eigenvalue weighted by atomic mass is 16.5. The Morgan fingerprint density at radius 2 is 2.06 bits per heavy atom. The first-order valence-electron chi connectivity index (χ1n) is 4.59. The maximum atomic E-state index is 11.0. The van der Waals surface area contributed by atoms with Gasteiger partial charge in [0.05, 0.1) is 17.3 Å². The van der Waals surface area contributed by atoms with E-state index < -0.39 is 11.6 Å². The molecule has 1 heterocycles. The van der Waals surface area contributed by atoms with Crippen LogP contribution in [0.15, 0.2) is 39.6 Å². The lowest BCUT2D eigenvalue weighted by atomic mass is 10.0. The average Bonchev–Trinajstić information content (AvgIpc) is 2.57. The number of aryl methyl sites for hydroxylation is 1. The smallest absolute Gasteiger partial charge is 0.358 e. The summed E-state index contributed by atoms with van der Waals surface area (Å²) in [5.74, 6) is -1.04. The van der Waals surface area contributed by atoms with E-state index in [1.54, 1.807) is 25.2 Å². The molecule has 0 aliphatic rings. The van der Waals surface area contributed by atoms with Crippen LogP contribution in [-0.2, 0) is 7.05 Å². The molecule has 0 aliphatic heterocycles. The summed E-state index contributed by atoms with van der Waals surface area (Å²) < 4.78 is 6.03. The van der Waals surface area contributed by atoms with Crippen LogP contribution < -0.4 is 5.63 Å². The Morgan fingerprint density at radius 1 is 1.38 bits per heavy atom. The Bertz CT molecular complexity index is 594. The van der Waals surface area contributed by atoms with Gasteiger partial charge in [0.1, 0.15) is 0 Å². The summed E-state index contributed by atoms with van der Waals surface area (Å²) in [7, 11) is 1.55. The van der Waals surface area contributed by atoms with Crippen molar-refractivity contribution < 1.29 is 14.4 Å². The second kappa shape index (κ2) is 3.69. The molecule has 0 unspecified atom stereocenters. The highest BCUT2D eigenvalue weighted by Crippen LogP contribution is 2.22. The Balaban J connectivity index is 2.69. The Kier molecular flexibility index (Phi) is 2.36. The average molecular weight is 219 g/mol. The van der Waals surface area contributed by atoms with Gasteiger partial charge in [-0.05, 0) is 6.07 Å². The first kappa shape index (κ1) is 10.2. The lowest BCUT2D eigenvalue weighted by Crippen LogP contribution is -2.01. The van der Waals surface area contributed by atoms with Crippen LogP contribution in [0.3, 0.4) is 0 Å². The van der Waals surface area contributed by atoms with Crippen LogP contribution in [0.25, 0.3) is 11.3 Å². The predicted molar refractivity (Wildman–Crippen MR) is 56.3 cm³/mol. The number of hydrogen-bond donors (Lipinski definition) is 1. The normalized spacial score (nSPS) is 10.3. The number of rotatable bonds is 2. The largest absolute Gasteiger partial charge is 0.478 e. The summed E-state index contributed by atoms with van der Waals surface area (Å²) in [5, 5.41) is 9.01. The van der Waals surface area contributed by atoms with Gasteiger partial charge in [-0.3, -0.25) is 0 Å². The van der Waals surface area contributed by atoms with E-state index in [4.69, 9.17) is 9.63 Å². The van der Waals surface area contributed by atoms with Crippen LogP contribution in [0.1, 0.15) is 10.4 Å². The van der Waals surface area contributed by atoms with E-state index in [2.05, 4.69) is 0 Å². The SMILES string of the molecule is Cn1oc(=O)cc1-c1ccccc1C(=O)O. The Labute approximate surface area is 90.5 Å². The number of hydrogen-bond acceptors (Lipinski definition) is 3. The van der Waals surface area contributed by atoms with Gasteiger partial charge < -0.3 is 9.63 Å². The molecule has 0 saturated heterocycles. The van der Waals surface area contributed by atoms with E-state index in [1.807, 2.05) is 0 Å². The highest BCUT2D eigenvalue weighted by Gasteiger charge is 2.14. The molecule has 5 heteroatoms. The molecular weight excluding hydrogens is 210 g/mol. The number of aromatic nitrogens is 1.